The molecule has 2 aromatic carbocycles. The Balaban J connectivity index is 1.65. The molecule has 1 heterocycles. The number of para-hydroxylation sites is 2. The number of carbonyl (C=O) groups is 1. The number of halogens is 1. The van der Waals surface area contributed by atoms with Gasteiger partial charge in [0.25, 0.3) is 5.91 Å². The van der Waals surface area contributed by atoms with E-state index in [1.165, 1.54) is 0 Å². The average molecular weight is 341 g/mol. The molecule has 0 aliphatic rings. The Morgan fingerprint density at radius 1 is 1.17 bits per heavy atom. The Hall–Kier alpha value is -2.59. The van der Waals surface area contributed by atoms with Crippen molar-refractivity contribution in [2.75, 3.05) is 13.2 Å². The van der Waals surface area contributed by atoms with Gasteiger partial charge < -0.3 is 10.1 Å². The number of pyridine rings is 1. The summed E-state index contributed by atoms with van der Waals surface area (Å²) in [6.45, 7) is 2.79. The quantitative estimate of drug-likeness (QED) is 0.564. The highest BCUT2D eigenvalue weighted by atomic mass is 35.5. The second-order valence-corrected chi connectivity index (χ2v) is 5.77. The van der Waals surface area contributed by atoms with E-state index in [0.717, 1.165) is 16.7 Å². The highest BCUT2D eigenvalue weighted by Crippen LogP contribution is 2.20. The fraction of sp³-hybridized carbons (Fsp3) is 0.158. The van der Waals surface area contributed by atoms with E-state index in [9.17, 15) is 4.79 Å². The molecule has 24 heavy (non-hydrogen) atoms. The fourth-order valence-corrected chi connectivity index (χ4v) is 2.67. The van der Waals surface area contributed by atoms with Crippen LogP contribution in [0.3, 0.4) is 0 Å². The lowest BCUT2D eigenvalue weighted by Crippen LogP contribution is -2.28. The number of carbonyl (C=O) groups excluding carboxylic acids is 1. The molecular weight excluding hydrogens is 324 g/mol. The molecule has 122 valence electrons. The van der Waals surface area contributed by atoms with E-state index >= 15 is 0 Å². The summed E-state index contributed by atoms with van der Waals surface area (Å²) in [6, 6.07) is 16.8. The molecule has 0 aliphatic carbocycles. The number of hydrogen-bond donors (Lipinski definition) is 1. The summed E-state index contributed by atoms with van der Waals surface area (Å²) in [5, 5.41) is 3.94. The summed E-state index contributed by atoms with van der Waals surface area (Å²) in [4.78, 5) is 16.7. The van der Waals surface area contributed by atoms with E-state index in [2.05, 4.69) is 10.3 Å². The van der Waals surface area contributed by atoms with Gasteiger partial charge >= 0.3 is 0 Å². The monoisotopic (exact) mass is 340 g/mol. The molecule has 0 aliphatic heterocycles. The van der Waals surface area contributed by atoms with Crippen molar-refractivity contribution in [2.45, 2.75) is 6.92 Å². The Morgan fingerprint density at radius 3 is 2.75 bits per heavy atom. The van der Waals surface area contributed by atoms with Gasteiger partial charge in [0.05, 0.1) is 17.6 Å². The Morgan fingerprint density at radius 2 is 1.92 bits per heavy atom. The Kier molecular flexibility index (Phi) is 4.96. The molecule has 3 rings (SSSR count). The topological polar surface area (TPSA) is 51.2 Å². The lowest BCUT2D eigenvalue weighted by Gasteiger charge is -2.11. The van der Waals surface area contributed by atoms with Crippen molar-refractivity contribution in [2.24, 2.45) is 0 Å². The second kappa shape index (κ2) is 7.32. The van der Waals surface area contributed by atoms with Crippen LogP contribution in [0.4, 0.5) is 0 Å². The van der Waals surface area contributed by atoms with Crippen LogP contribution >= 0.6 is 11.6 Å². The molecule has 0 unspecified atom stereocenters. The molecule has 4 nitrogen and oxygen atoms in total. The van der Waals surface area contributed by atoms with Gasteiger partial charge in [0.2, 0.25) is 0 Å². The predicted octanol–water partition coefficient (Wildman–Crippen LogP) is 4.01. The summed E-state index contributed by atoms with van der Waals surface area (Å²) < 4.78 is 5.68. The first-order chi connectivity index (χ1) is 11.6. The molecule has 0 bridgehead atoms. The summed E-state index contributed by atoms with van der Waals surface area (Å²) in [7, 11) is 0. The summed E-state index contributed by atoms with van der Waals surface area (Å²) in [5.41, 5.74) is 2.28. The van der Waals surface area contributed by atoms with Crippen LogP contribution in [0.15, 0.2) is 54.6 Å². The van der Waals surface area contributed by atoms with Crippen molar-refractivity contribution >= 4 is 28.4 Å². The van der Waals surface area contributed by atoms with Crippen LogP contribution in [-0.2, 0) is 0 Å². The van der Waals surface area contributed by atoms with Gasteiger partial charge in [-0.05, 0) is 30.7 Å². The zero-order chi connectivity index (χ0) is 16.9. The van der Waals surface area contributed by atoms with Gasteiger partial charge in [-0.25, -0.2) is 4.98 Å². The summed E-state index contributed by atoms with van der Waals surface area (Å²) in [5.74, 6) is 0.632. The van der Waals surface area contributed by atoms with E-state index < -0.39 is 0 Å². The maximum atomic E-state index is 12.4. The minimum absolute atomic E-state index is 0.191. The number of hydrogen-bond acceptors (Lipinski definition) is 3. The second-order valence-electron chi connectivity index (χ2n) is 5.38. The van der Waals surface area contributed by atoms with Crippen molar-refractivity contribution in [1.29, 1.82) is 0 Å². The number of benzene rings is 2. The van der Waals surface area contributed by atoms with Gasteiger partial charge in [-0.3, -0.25) is 4.79 Å². The van der Waals surface area contributed by atoms with Crippen molar-refractivity contribution in [3.05, 3.63) is 70.9 Å². The number of nitrogens with zero attached hydrogens (tertiary/aromatic N) is 1. The van der Waals surface area contributed by atoms with Crippen molar-refractivity contribution in [1.82, 2.24) is 10.3 Å². The van der Waals surface area contributed by atoms with Crippen LogP contribution in [0.5, 0.6) is 5.75 Å². The first-order valence-corrected chi connectivity index (χ1v) is 8.05. The van der Waals surface area contributed by atoms with Gasteiger partial charge in [-0.1, -0.05) is 48.0 Å². The maximum absolute atomic E-state index is 12.4. The van der Waals surface area contributed by atoms with Crippen molar-refractivity contribution < 1.29 is 9.53 Å². The van der Waals surface area contributed by atoms with Gasteiger partial charge in [-0.15, -0.1) is 0 Å². The lowest BCUT2D eigenvalue weighted by molar-refractivity contribution is 0.0948. The molecule has 1 amide bonds. The smallest absolute Gasteiger partial charge is 0.252 e. The molecule has 0 spiro atoms. The number of nitrogens with one attached hydrogen (secondary N) is 1. The summed E-state index contributed by atoms with van der Waals surface area (Å²) >= 11 is 6.01. The number of amides is 1. The van der Waals surface area contributed by atoms with Crippen LogP contribution in [0.25, 0.3) is 10.9 Å². The van der Waals surface area contributed by atoms with E-state index in [1.54, 1.807) is 6.07 Å². The third kappa shape index (κ3) is 3.66. The first-order valence-electron chi connectivity index (χ1n) is 7.67. The molecule has 0 fully saturated rings. The number of rotatable bonds is 5. The molecule has 1 N–H and O–H groups in total. The number of aryl methyl sites for hydroxylation is 1. The van der Waals surface area contributed by atoms with E-state index in [1.807, 2.05) is 55.5 Å². The minimum Gasteiger partial charge on any atom is -0.491 e. The van der Waals surface area contributed by atoms with Crippen molar-refractivity contribution in [3.63, 3.8) is 0 Å². The molecule has 1 aromatic heterocycles. The van der Waals surface area contributed by atoms with Gasteiger partial charge in [-0.2, -0.15) is 0 Å². The molecule has 0 atom stereocenters. The number of fused-ring (bicyclic) bond motifs is 1. The zero-order valence-corrected chi connectivity index (χ0v) is 14.0. The van der Waals surface area contributed by atoms with Gasteiger partial charge in [0.1, 0.15) is 17.5 Å². The highest BCUT2D eigenvalue weighted by Gasteiger charge is 2.12. The standard InChI is InChI=1S/C19H17ClN2O2/c1-13-6-2-5-9-17(13)24-11-10-21-19(23)15-12-18(20)22-16-8-4-3-7-14(15)16/h2-9,12H,10-11H2,1H3,(H,21,23). The van der Waals surface area contributed by atoms with Crippen molar-refractivity contribution in [3.8, 4) is 5.75 Å². The van der Waals surface area contributed by atoms with Crippen LogP contribution in [0.1, 0.15) is 15.9 Å². The van der Waals surface area contributed by atoms with Crippen LogP contribution in [-0.4, -0.2) is 24.0 Å². The van der Waals surface area contributed by atoms with Gasteiger partial charge in [0, 0.05) is 5.39 Å². The third-order valence-corrected chi connectivity index (χ3v) is 3.86. The zero-order valence-electron chi connectivity index (χ0n) is 13.3. The largest absolute Gasteiger partial charge is 0.491 e. The SMILES string of the molecule is Cc1ccccc1OCCNC(=O)c1cc(Cl)nc2ccccc12. The van der Waals surface area contributed by atoms with E-state index in [-0.39, 0.29) is 5.91 Å². The predicted molar refractivity (Wildman–Crippen MR) is 95.8 cm³/mol. The minimum atomic E-state index is -0.191. The van der Waals surface area contributed by atoms with Crippen LogP contribution in [0, 0.1) is 6.92 Å². The third-order valence-electron chi connectivity index (χ3n) is 3.67. The number of ether oxygens (including phenoxy) is 1. The fourth-order valence-electron chi connectivity index (χ4n) is 2.47. The molecule has 0 radical (unpaired) electrons. The van der Waals surface area contributed by atoms with Crippen LogP contribution in [0.2, 0.25) is 5.15 Å². The molecule has 5 heteroatoms. The Bertz CT molecular complexity index is 880. The Labute approximate surface area is 145 Å². The number of aromatic nitrogens is 1. The molecule has 3 aromatic rings. The van der Waals surface area contributed by atoms with E-state index in [4.69, 9.17) is 16.3 Å². The highest BCUT2D eigenvalue weighted by molar-refractivity contribution is 6.30. The normalized spacial score (nSPS) is 10.6. The molecular formula is C19H17ClN2O2. The molecule has 0 saturated carbocycles. The van der Waals surface area contributed by atoms with E-state index in [0.29, 0.717) is 29.4 Å². The lowest BCUT2D eigenvalue weighted by atomic mass is 10.1. The molecule has 0 saturated heterocycles. The maximum Gasteiger partial charge on any atom is 0.252 e. The van der Waals surface area contributed by atoms with Crippen LogP contribution < -0.4 is 10.1 Å². The average Bonchev–Trinajstić information content (AvgIpc) is 2.59. The first kappa shape index (κ1) is 16.3. The van der Waals surface area contributed by atoms with Gasteiger partial charge in [0.15, 0.2) is 0 Å². The summed E-state index contributed by atoms with van der Waals surface area (Å²) in [6.07, 6.45) is 0.